The lowest BCUT2D eigenvalue weighted by molar-refractivity contribution is 0.101. The highest BCUT2D eigenvalue weighted by atomic mass is 32.2. The molecule has 0 N–H and O–H groups in total. The van der Waals surface area contributed by atoms with Crippen LogP contribution in [0.25, 0.3) is 22.4 Å². The Hall–Kier alpha value is -3.75. The highest BCUT2D eigenvalue weighted by molar-refractivity contribution is 8.00. The highest BCUT2D eigenvalue weighted by Crippen LogP contribution is 2.34. The summed E-state index contributed by atoms with van der Waals surface area (Å²) in [7, 11) is 0. The Labute approximate surface area is 179 Å². The number of pyridine rings is 2. The standard InChI is InChI=1S/C25H17N3OS/c26-16-21-20(18-9-3-1-4-10-18)15-23(19-11-5-2-6-12-19)28-25(21)30-17-24(29)22-13-7-8-14-27-22/h1-15H,17H2. The van der Waals surface area contributed by atoms with Crippen molar-refractivity contribution >= 4 is 17.5 Å². The van der Waals surface area contributed by atoms with Gasteiger partial charge in [-0.1, -0.05) is 78.5 Å². The first-order valence-corrected chi connectivity index (χ1v) is 10.4. The van der Waals surface area contributed by atoms with Gasteiger partial charge in [-0.05, 0) is 23.8 Å². The summed E-state index contributed by atoms with van der Waals surface area (Å²) in [5.41, 5.74) is 4.34. The number of ketones is 1. The number of rotatable bonds is 6. The quantitative estimate of drug-likeness (QED) is 0.305. The fourth-order valence-corrected chi connectivity index (χ4v) is 3.95. The Morgan fingerprint density at radius 3 is 2.20 bits per heavy atom. The number of carbonyl (C=O) groups is 1. The summed E-state index contributed by atoms with van der Waals surface area (Å²) in [4.78, 5) is 21.4. The average molecular weight is 407 g/mol. The van der Waals surface area contributed by atoms with E-state index in [2.05, 4.69) is 11.1 Å². The van der Waals surface area contributed by atoms with Crippen LogP contribution >= 0.6 is 11.8 Å². The second kappa shape index (κ2) is 9.17. The zero-order valence-corrected chi connectivity index (χ0v) is 16.8. The summed E-state index contributed by atoms with van der Waals surface area (Å²) in [5, 5.41) is 10.4. The molecular weight excluding hydrogens is 390 g/mol. The fraction of sp³-hybridized carbons (Fsp3) is 0.0400. The SMILES string of the molecule is N#Cc1c(-c2ccccc2)cc(-c2ccccc2)nc1SCC(=O)c1ccccn1. The van der Waals surface area contributed by atoms with Gasteiger partial charge < -0.3 is 0 Å². The van der Waals surface area contributed by atoms with Crippen molar-refractivity contribution in [2.24, 2.45) is 0 Å². The van der Waals surface area contributed by atoms with Crippen molar-refractivity contribution in [1.82, 2.24) is 9.97 Å². The van der Waals surface area contributed by atoms with Gasteiger partial charge in [-0.15, -0.1) is 0 Å². The molecule has 0 aliphatic carbocycles. The molecule has 4 aromatic rings. The third kappa shape index (κ3) is 4.29. The molecule has 144 valence electrons. The zero-order chi connectivity index (χ0) is 20.8. The molecule has 0 amide bonds. The number of benzene rings is 2. The molecule has 4 rings (SSSR count). The van der Waals surface area contributed by atoms with E-state index >= 15 is 0 Å². The van der Waals surface area contributed by atoms with Crippen molar-refractivity contribution in [3.8, 4) is 28.5 Å². The minimum atomic E-state index is -0.0994. The maximum atomic E-state index is 12.5. The van der Waals surface area contributed by atoms with E-state index in [0.717, 1.165) is 22.4 Å². The summed E-state index contributed by atoms with van der Waals surface area (Å²) in [6.07, 6.45) is 1.60. The van der Waals surface area contributed by atoms with E-state index in [9.17, 15) is 10.1 Å². The van der Waals surface area contributed by atoms with Gasteiger partial charge in [0.2, 0.25) is 0 Å². The fourth-order valence-electron chi connectivity index (χ4n) is 3.07. The van der Waals surface area contributed by atoms with E-state index in [1.807, 2.05) is 66.7 Å². The molecule has 0 fully saturated rings. The van der Waals surface area contributed by atoms with Crippen molar-refractivity contribution < 1.29 is 4.79 Å². The third-order valence-electron chi connectivity index (χ3n) is 4.54. The minimum Gasteiger partial charge on any atom is -0.291 e. The van der Waals surface area contributed by atoms with Crippen LogP contribution in [0.3, 0.4) is 0 Å². The zero-order valence-electron chi connectivity index (χ0n) is 16.0. The van der Waals surface area contributed by atoms with Crippen LogP contribution in [0.2, 0.25) is 0 Å². The second-order valence-electron chi connectivity index (χ2n) is 6.51. The maximum Gasteiger partial charge on any atom is 0.191 e. The lowest BCUT2D eigenvalue weighted by atomic mass is 9.99. The van der Waals surface area contributed by atoms with Crippen molar-refractivity contribution in [1.29, 1.82) is 5.26 Å². The van der Waals surface area contributed by atoms with Crippen LogP contribution in [-0.4, -0.2) is 21.5 Å². The molecule has 2 aromatic heterocycles. The monoisotopic (exact) mass is 407 g/mol. The Kier molecular flexibility index (Phi) is 5.98. The van der Waals surface area contributed by atoms with Gasteiger partial charge in [-0.3, -0.25) is 9.78 Å². The Morgan fingerprint density at radius 1 is 0.900 bits per heavy atom. The van der Waals surface area contributed by atoms with Gasteiger partial charge in [0, 0.05) is 17.3 Å². The van der Waals surface area contributed by atoms with Crippen molar-refractivity contribution in [2.75, 3.05) is 5.75 Å². The van der Waals surface area contributed by atoms with E-state index in [0.29, 0.717) is 16.3 Å². The Balaban J connectivity index is 1.76. The molecule has 0 saturated heterocycles. The molecule has 0 aliphatic rings. The van der Waals surface area contributed by atoms with E-state index in [1.54, 1.807) is 24.4 Å². The molecule has 0 unspecified atom stereocenters. The van der Waals surface area contributed by atoms with Crippen molar-refractivity contribution in [2.45, 2.75) is 5.03 Å². The normalized spacial score (nSPS) is 10.4. The number of hydrogen-bond acceptors (Lipinski definition) is 5. The van der Waals surface area contributed by atoms with Crippen LogP contribution in [0.1, 0.15) is 16.1 Å². The van der Waals surface area contributed by atoms with E-state index < -0.39 is 0 Å². The van der Waals surface area contributed by atoms with Gasteiger partial charge in [0.15, 0.2) is 5.78 Å². The molecule has 0 saturated carbocycles. The summed E-state index contributed by atoms with van der Waals surface area (Å²) >= 11 is 1.27. The average Bonchev–Trinajstić information content (AvgIpc) is 2.83. The molecule has 0 aliphatic heterocycles. The summed E-state index contributed by atoms with van der Waals surface area (Å²) in [6.45, 7) is 0. The highest BCUT2D eigenvalue weighted by Gasteiger charge is 2.17. The molecule has 0 atom stereocenters. The lowest BCUT2D eigenvalue weighted by Crippen LogP contribution is -2.05. The Morgan fingerprint density at radius 2 is 1.57 bits per heavy atom. The van der Waals surface area contributed by atoms with Crippen LogP contribution in [-0.2, 0) is 0 Å². The van der Waals surface area contributed by atoms with Crippen LogP contribution in [0.5, 0.6) is 0 Å². The third-order valence-corrected chi connectivity index (χ3v) is 5.52. The molecule has 2 aromatic carbocycles. The molecule has 0 radical (unpaired) electrons. The number of aromatic nitrogens is 2. The molecule has 4 nitrogen and oxygen atoms in total. The van der Waals surface area contributed by atoms with E-state index in [4.69, 9.17) is 4.98 Å². The van der Waals surface area contributed by atoms with Crippen LogP contribution in [0, 0.1) is 11.3 Å². The predicted molar refractivity (Wildman–Crippen MR) is 119 cm³/mol. The van der Waals surface area contributed by atoms with Gasteiger partial charge in [0.1, 0.15) is 16.8 Å². The topological polar surface area (TPSA) is 66.6 Å². The van der Waals surface area contributed by atoms with Gasteiger partial charge in [-0.2, -0.15) is 5.26 Å². The predicted octanol–water partition coefficient (Wildman–Crippen LogP) is 5.66. The molecule has 2 heterocycles. The van der Waals surface area contributed by atoms with Crippen molar-refractivity contribution in [3.63, 3.8) is 0 Å². The smallest absolute Gasteiger partial charge is 0.191 e. The summed E-state index contributed by atoms with van der Waals surface area (Å²) < 4.78 is 0. The van der Waals surface area contributed by atoms with Gasteiger partial charge in [0.25, 0.3) is 0 Å². The summed E-state index contributed by atoms with van der Waals surface area (Å²) in [5.74, 6) is 0.0585. The van der Waals surface area contributed by atoms with Gasteiger partial charge in [0.05, 0.1) is 17.0 Å². The molecular formula is C25H17N3OS. The minimum absolute atomic E-state index is 0.0994. The van der Waals surface area contributed by atoms with Crippen LogP contribution in [0.15, 0.2) is 96.2 Å². The first-order chi connectivity index (χ1) is 14.8. The largest absolute Gasteiger partial charge is 0.291 e. The Bertz CT molecular complexity index is 1200. The van der Waals surface area contributed by atoms with E-state index in [1.165, 1.54) is 11.8 Å². The molecule has 0 bridgehead atoms. The summed E-state index contributed by atoms with van der Waals surface area (Å²) in [6, 6.07) is 29.1. The van der Waals surface area contributed by atoms with Crippen LogP contribution in [0.4, 0.5) is 0 Å². The number of carbonyl (C=O) groups excluding carboxylic acids is 1. The number of nitriles is 1. The first-order valence-electron chi connectivity index (χ1n) is 9.39. The van der Waals surface area contributed by atoms with Crippen molar-refractivity contribution in [3.05, 3.63) is 102 Å². The number of thioether (sulfide) groups is 1. The van der Waals surface area contributed by atoms with Gasteiger partial charge >= 0.3 is 0 Å². The molecule has 30 heavy (non-hydrogen) atoms. The van der Waals surface area contributed by atoms with Crippen LogP contribution < -0.4 is 0 Å². The second-order valence-corrected chi connectivity index (χ2v) is 7.47. The molecule has 0 spiro atoms. The van der Waals surface area contributed by atoms with Gasteiger partial charge in [-0.25, -0.2) is 4.98 Å². The molecule has 5 heteroatoms. The number of nitrogens with zero attached hydrogens (tertiary/aromatic N) is 3. The first kappa shape index (κ1) is 19.6. The lowest BCUT2D eigenvalue weighted by Gasteiger charge is -2.12. The maximum absolute atomic E-state index is 12.5. The van der Waals surface area contributed by atoms with E-state index in [-0.39, 0.29) is 11.5 Å². The number of Topliss-reactive ketones (excluding diaryl/α,β-unsaturated/α-hetero) is 1. The number of hydrogen-bond donors (Lipinski definition) is 0.